The van der Waals surface area contributed by atoms with Crippen LogP contribution in [0.1, 0.15) is 40.0 Å². The molecule has 78 valence electrons. The smallest absolute Gasteiger partial charge is 0.0702 e. The largest absolute Gasteiger partial charge is 0.377 e. The van der Waals surface area contributed by atoms with Gasteiger partial charge in [-0.2, -0.15) is 0 Å². The normalized spacial score (nSPS) is 23.3. The van der Waals surface area contributed by atoms with Gasteiger partial charge in [-0.1, -0.05) is 6.92 Å². The highest BCUT2D eigenvalue weighted by atomic mass is 16.5. The van der Waals surface area contributed by atoms with Gasteiger partial charge >= 0.3 is 0 Å². The first-order valence-electron chi connectivity index (χ1n) is 5.59. The van der Waals surface area contributed by atoms with Crippen molar-refractivity contribution in [2.45, 2.75) is 52.2 Å². The fraction of sp³-hybridized carbons (Fsp3) is 1.00. The van der Waals surface area contributed by atoms with Crippen LogP contribution in [0.25, 0.3) is 0 Å². The summed E-state index contributed by atoms with van der Waals surface area (Å²) in [6, 6.07) is 0.657. The Morgan fingerprint density at radius 1 is 1.46 bits per heavy atom. The van der Waals surface area contributed by atoms with E-state index < -0.39 is 0 Å². The van der Waals surface area contributed by atoms with Crippen molar-refractivity contribution in [1.82, 2.24) is 4.90 Å². The van der Waals surface area contributed by atoms with Crippen LogP contribution in [0.4, 0.5) is 0 Å². The van der Waals surface area contributed by atoms with Gasteiger partial charge in [0.15, 0.2) is 0 Å². The van der Waals surface area contributed by atoms with Gasteiger partial charge < -0.3 is 4.74 Å². The molecule has 1 fully saturated rings. The maximum Gasteiger partial charge on any atom is 0.0702 e. The number of hydrogen-bond acceptors (Lipinski definition) is 2. The zero-order chi connectivity index (χ0) is 9.68. The molecule has 0 aromatic carbocycles. The second-order valence-electron chi connectivity index (χ2n) is 4.22. The van der Waals surface area contributed by atoms with Gasteiger partial charge in [0.05, 0.1) is 6.10 Å². The van der Waals surface area contributed by atoms with Crippen LogP contribution in [0.3, 0.4) is 0 Å². The Labute approximate surface area is 82.3 Å². The van der Waals surface area contributed by atoms with Gasteiger partial charge in [0, 0.05) is 19.2 Å². The molecule has 0 bridgehead atoms. The molecule has 1 rings (SSSR count). The lowest BCUT2D eigenvalue weighted by molar-refractivity contribution is 0.0625. The summed E-state index contributed by atoms with van der Waals surface area (Å²) in [7, 11) is 0. The van der Waals surface area contributed by atoms with E-state index >= 15 is 0 Å². The van der Waals surface area contributed by atoms with Crippen molar-refractivity contribution in [2.24, 2.45) is 0 Å². The SMILES string of the molecule is CCCN(CC1CCCO1)C(C)C. The zero-order valence-corrected chi connectivity index (χ0v) is 9.25. The molecule has 2 nitrogen and oxygen atoms in total. The molecule has 1 heterocycles. The molecular formula is C11H23NO. The molecule has 2 heteroatoms. The number of ether oxygens (including phenoxy) is 1. The van der Waals surface area contributed by atoms with E-state index in [9.17, 15) is 0 Å². The molecule has 0 radical (unpaired) electrons. The summed E-state index contributed by atoms with van der Waals surface area (Å²) in [5.41, 5.74) is 0. The van der Waals surface area contributed by atoms with Crippen molar-refractivity contribution in [3.63, 3.8) is 0 Å². The number of rotatable bonds is 5. The van der Waals surface area contributed by atoms with Crippen LogP contribution >= 0.6 is 0 Å². The summed E-state index contributed by atoms with van der Waals surface area (Å²) in [4.78, 5) is 2.52. The molecule has 1 aliphatic rings. The van der Waals surface area contributed by atoms with E-state index in [2.05, 4.69) is 25.7 Å². The highest BCUT2D eigenvalue weighted by Gasteiger charge is 2.19. The molecule has 0 aromatic rings. The lowest BCUT2D eigenvalue weighted by Gasteiger charge is -2.28. The molecule has 13 heavy (non-hydrogen) atoms. The first-order valence-corrected chi connectivity index (χ1v) is 5.59. The van der Waals surface area contributed by atoms with Crippen LogP contribution in [0, 0.1) is 0 Å². The van der Waals surface area contributed by atoms with E-state index in [0.717, 1.165) is 13.2 Å². The molecule has 0 saturated carbocycles. The minimum atomic E-state index is 0.508. The Hall–Kier alpha value is -0.0800. The van der Waals surface area contributed by atoms with Crippen LogP contribution in [0.5, 0.6) is 0 Å². The molecular weight excluding hydrogens is 162 g/mol. The lowest BCUT2D eigenvalue weighted by Crippen LogP contribution is -2.37. The summed E-state index contributed by atoms with van der Waals surface area (Å²) in [5, 5.41) is 0. The maximum absolute atomic E-state index is 5.64. The van der Waals surface area contributed by atoms with E-state index in [1.165, 1.54) is 25.8 Å². The molecule has 0 amide bonds. The first kappa shape index (κ1) is 11.0. The van der Waals surface area contributed by atoms with Crippen LogP contribution in [-0.2, 0) is 4.74 Å². The third-order valence-corrected chi connectivity index (χ3v) is 2.70. The van der Waals surface area contributed by atoms with E-state index in [-0.39, 0.29) is 0 Å². The van der Waals surface area contributed by atoms with Gasteiger partial charge in [0.1, 0.15) is 0 Å². The highest BCUT2D eigenvalue weighted by Crippen LogP contribution is 2.14. The van der Waals surface area contributed by atoms with E-state index in [4.69, 9.17) is 4.74 Å². The Morgan fingerprint density at radius 3 is 2.69 bits per heavy atom. The summed E-state index contributed by atoms with van der Waals surface area (Å²) in [6.07, 6.45) is 4.26. The summed E-state index contributed by atoms with van der Waals surface area (Å²) < 4.78 is 5.64. The zero-order valence-electron chi connectivity index (χ0n) is 9.25. The monoisotopic (exact) mass is 185 g/mol. The molecule has 0 spiro atoms. The molecule has 0 aromatic heterocycles. The minimum Gasteiger partial charge on any atom is -0.377 e. The van der Waals surface area contributed by atoms with E-state index in [0.29, 0.717) is 12.1 Å². The van der Waals surface area contributed by atoms with Crippen LogP contribution < -0.4 is 0 Å². The predicted molar refractivity (Wildman–Crippen MR) is 56.0 cm³/mol. The summed E-state index contributed by atoms with van der Waals surface area (Å²) in [5.74, 6) is 0. The van der Waals surface area contributed by atoms with E-state index in [1.54, 1.807) is 0 Å². The maximum atomic E-state index is 5.64. The van der Waals surface area contributed by atoms with Crippen molar-refractivity contribution < 1.29 is 4.74 Å². The molecule has 1 atom stereocenters. The van der Waals surface area contributed by atoms with Gasteiger partial charge in [-0.25, -0.2) is 0 Å². The van der Waals surface area contributed by atoms with Crippen molar-refractivity contribution in [1.29, 1.82) is 0 Å². The van der Waals surface area contributed by atoms with Crippen LogP contribution in [0.15, 0.2) is 0 Å². The quantitative estimate of drug-likeness (QED) is 0.651. The van der Waals surface area contributed by atoms with Gasteiger partial charge in [0.2, 0.25) is 0 Å². The molecule has 0 aliphatic carbocycles. The fourth-order valence-corrected chi connectivity index (χ4v) is 1.90. The second-order valence-corrected chi connectivity index (χ2v) is 4.22. The van der Waals surface area contributed by atoms with Gasteiger partial charge in [-0.15, -0.1) is 0 Å². The first-order chi connectivity index (χ1) is 6.24. The molecule has 1 aliphatic heterocycles. The number of nitrogens with zero attached hydrogens (tertiary/aromatic N) is 1. The minimum absolute atomic E-state index is 0.508. The predicted octanol–water partition coefficient (Wildman–Crippen LogP) is 2.29. The lowest BCUT2D eigenvalue weighted by atomic mass is 10.2. The fourth-order valence-electron chi connectivity index (χ4n) is 1.90. The standard InChI is InChI=1S/C11H23NO/c1-4-7-12(10(2)3)9-11-6-5-8-13-11/h10-11H,4-9H2,1-3H3. The topological polar surface area (TPSA) is 12.5 Å². The van der Waals surface area contributed by atoms with Gasteiger partial charge in [-0.3, -0.25) is 4.90 Å². The molecule has 1 unspecified atom stereocenters. The average Bonchev–Trinajstić information content (AvgIpc) is 2.56. The van der Waals surface area contributed by atoms with Crippen molar-refractivity contribution in [3.05, 3.63) is 0 Å². The highest BCUT2D eigenvalue weighted by molar-refractivity contribution is 4.72. The van der Waals surface area contributed by atoms with E-state index in [1.807, 2.05) is 0 Å². The second kappa shape index (κ2) is 5.61. The Bertz CT molecular complexity index is 130. The summed E-state index contributed by atoms with van der Waals surface area (Å²) >= 11 is 0. The van der Waals surface area contributed by atoms with Crippen molar-refractivity contribution in [2.75, 3.05) is 19.7 Å². The third-order valence-electron chi connectivity index (χ3n) is 2.70. The third kappa shape index (κ3) is 3.65. The van der Waals surface area contributed by atoms with Crippen LogP contribution in [0.2, 0.25) is 0 Å². The number of hydrogen-bond donors (Lipinski definition) is 0. The Balaban J connectivity index is 2.27. The van der Waals surface area contributed by atoms with Crippen LogP contribution in [-0.4, -0.2) is 36.7 Å². The van der Waals surface area contributed by atoms with Crippen molar-refractivity contribution in [3.8, 4) is 0 Å². The molecule has 1 saturated heterocycles. The summed E-state index contributed by atoms with van der Waals surface area (Å²) in [6.45, 7) is 10.1. The Kier molecular flexibility index (Phi) is 4.74. The van der Waals surface area contributed by atoms with Crippen molar-refractivity contribution >= 4 is 0 Å². The average molecular weight is 185 g/mol. The Morgan fingerprint density at radius 2 is 2.23 bits per heavy atom. The molecule has 0 N–H and O–H groups in total. The van der Waals surface area contributed by atoms with Gasteiger partial charge in [0.25, 0.3) is 0 Å². The van der Waals surface area contributed by atoms with Gasteiger partial charge in [-0.05, 0) is 39.7 Å².